The number of aromatic amines is 1. The molecule has 0 saturated carbocycles. The summed E-state index contributed by atoms with van der Waals surface area (Å²) in [6.45, 7) is 6.01. The van der Waals surface area contributed by atoms with Crippen LogP contribution >= 0.6 is 0 Å². The minimum atomic E-state index is -0.739. The maximum atomic E-state index is 12.8. The van der Waals surface area contributed by atoms with E-state index in [1.54, 1.807) is 35.3 Å². The van der Waals surface area contributed by atoms with Gasteiger partial charge in [0.05, 0.1) is 12.1 Å². The molecule has 0 spiro atoms. The number of nitriles is 1. The first-order chi connectivity index (χ1) is 15.5. The number of nitrogens with zero attached hydrogens (tertiary/aromatic N) is 2. The minimum Gasteiger partial charge on any atom is -0.361 e. The number of hydrogen-bond donors (Lipinski definition) is 4. The molecular weight excluding hydrogens is 404 g/mol. The second kappa shape index (κ2) is 10.5. The van der Waals surface area contributed by atoms with Crippen LogP contribution in [0.15, 0.2) is 61.0 Å². The van der Waals surface area contributed by atoms with Crippen LogP contribution < -0.4 is 16.4 Å². The number of fused-ring (bicyclic) bond motifs is 1. The highest BCUT2D eigenvalue weighted by atomic mass is 16.2. The van der Waals surface area contributed by atoms with E-state index in [-0.39, 0.29) is 11.9 Å². The Morgan fingerprint density at radius 2 is 2.28 bits per heavy atom. The Bertz CT molecular complexity index is 1110. The van der Waals surface area contributed by atoms with E-state index in [0.29, 0.717) is 30.8 Å². The van der Waals surface area contributed by atoms with Gasteiger partial charge in [0.2, 0.25) is 5.91 Å². The van der Waals surface area contributed by atoms with Crippen molar-refractivity contribution in [2.45, 2.75) is 38.3 Å². The molecule has 0 radical (unpaired) electrons. The number of anilines is 1. The number of aromatic nitrogens is 1. The first kappa shape index (κ1) is 22.8. The number of nitrogens with two attached hydrogens (primary N) is 1. The number of likely N-dealkylation sites (tertiary alicyclic amines) is 1. The Labute approximate surface area is 187 Å². The second-order valence-corrected chi connectivity index (χ2v) is 7.62. The molecule has 2 heterocycles. The Morgan fingerprint density at radius 3 is 3.00 bits per heavy atom. The number of urea groups is 1. The molecule has 3 amide bonds. The van der Waals surface area contributed by atoms with Crippen LogP contribution in [0.2, 0.25) is 0 Å². The van der Waals surface area contributed by atoms with Crippen molar-refractivity contribution in [1.29, 1.82) is 5.26 Å². The first-order valence-electron chi connectivity index (χ1n) is 10.6. The fourth-order valence-corrected chi connectivity index (χ4v) is 3.80. The summed E-state index contributed by atoms with van der Waals surface area (Å²) in [7, 11) is 0. The summed E-state index contributed by atoms with van der Waals surface area (Å²) in [6.07, 6.45) is 10.6. The molecule has 0 bridgehead atoms. The number of amides is 3. The molecule has 1 aromatic carbocycles. The van der Waals surface area contributed by atoms with E-state index in [9.17, 15) is 14.9 Å². The van der Waals surface area contributed by atoms with Gasteiger partial charge in [0.1, 0.15) is 6.04 Å². The molecule has 1 fully saturated rings. The third-order valence-electron chi connectivity index (χ3n) is 5.45. The van der Waals surface area contributed by atoms with Crippen LogP contribution in [-0.4, -0.2) is 40.5 Å². The van der Waals surface area contributed by atoms with Gasteiger partial charge in [0.25, 0.3) is 0 Å². The van der Waals surface area contributed by atoms with E-state index in [0.717, 1.165) is 22.9 Å². The molecule has 1 aromatic heterocycles. The topological polar surface area (TPSA) is 127 Å². The lowest BCUT2D eigenvalue weighted by Crippen LogP contribution is -2.46. The van der Waals surface area contributed by atoms with E-state index < -0.39 is 12.1 Å². The van der Waals surface area contributed by atoms with Crippen molar-refractivity contribution in [3.63, 3.8) is 0 Å². The molecule has 8 nitrogen and oxygen atoms in total. The van der Waals surface area contributed by atoms with Crippen LogP contribution in [0, 0.1) is 11.3 Å². The standard InChI is InChI=1S/C24H28N6O2/c1-3-5-7-17(4-2)28-24(32)29-18-9-10-22-20(13-18)16(15-27-22)12-21(26)23(31)30-11-6-8-19(30)14-25/h3-5,7,9-10,13,15,19,21,27H,1,6,8,11-12,26H2,2H3,(H2,28,29,32)/b7-5-,17-4+. The van der Waals surface area contributed by atoms with Gasteiger partial charge in [-0.05, 0) is 56.0 Å². The Hall–Kier alpha value is -3.83. The fourth-order valence-electron chi connectivity index (χ4n) is 3.80. The summed E-state index contributed by atoms with van der Waals surface area (Å²) >= 11 is 0. The molecule has 2 aromatic rings. The highest BCUT2D eigenvalue weighted by molar-refractivity contribution is 5.95. The summed E-state index contributed by atoms with van der Waals surface area (Å²) < 4.78 is 0. The predicted molar refractivity (Wildman–Crippen MR) is 126 cm³/mol. The summed E-state index contributed by atoms with van der Waals surface area (Å²) in [4.78, 5) is 29.9. The van der Waals surface area contributed by atoms with Gasteiger partial charge >= 0.3 is 6.03 Å². The molecule has 2 unspecified atom stereocenters. The lowest BCUT2D eigenvalue weighted by molar-refractivity contribution is -0.132. The van der Waals surface area contributed by atoms with E-state index >= 15 is 0 Å². The largest absolute Gasteiger partial charge is 0.361 e. The fraction of sp³-hybridized carbons (Fsp3) is 0.292. The van der Waals surface area contributed by atoms with E-state index in [4.69, 9.17) is 5.73 Å². The molecule has 166 valence electrons. The summed E-state index contributed by atoms with van der Waals surface area (Å²) in [6, 6.07) is 6.18. The molecule has 1 saturated heterocycles. The van der Waals surface area contributed by atoms with Gasteiger partial charge in [-0.1, -0.05) is 24.8 Å². The van der Waals surface area contributed by atoms with Crippen molar-refractivity contribution in [2.75, 3.05) is 11.9 Å². The Balaban J connectivity index is 1.71. The molecule has 5 N–H and O–H groups in total. The van der Waals surface area contributed by atoms with Gasteiger partial charge < -0.3 is 26.3 Å². The number of rotatable bonds is 7. The molecule has 1 aliphatic heterocycles. The number of hydrogen-bond acceptors (Lipinski definition) is 4. The Morgan fingerprint density at radius 1 is 1.47 bits per heavy atom. The highest BCUT2D eigenvalue weighted by Gasteiger charge is 2.31. The molecule has 32 heavy (non-hydrogen) atoms. The second-order valence-electron chi connectivity index (χ2n) is 7.62. The van der Waals surface area contributed by atoms with Gasteiger partial charge in [0.15, 0.2) is 0 Å². The van der Waals surface area contributed by atoms with Crippen LogP contribution in [0.3, 0.4) is 0 Å². The monoisotopic (exact) mass is 432 g/mol. The lowest BCUT2D eigenvalue weighted by Gasteiger charge is -2.23. The van der Waals surface area contributed by atoms with E-state index in [1.807, 2.05) is 25.3 Å². The summed E-state index contributed by atoms with van der Waals surface area (Å²) in [5, 5.41) is 15.7. The van der Waals surface area contributed by atoms with Crippen molar-refractivity contribution in [3.05, 3.63) is 66.5 Å². The summed E-state index contributed by atoms with van der Waals surface area (Å²) in [5.74, 6) is -0.205. The van der Waals surface area contributed by atoms with Gasteiger partial charge in [0, 0.05) is 35.0 Å². The number of carbonyl (C=O) groups is 2. The zero-order valence-corrected chi connectivity index (χ0v) is 18.1. The number of nitrogens with one attached hydrogen (secondary N) is 3. The average molecular weight is 433 g/mol. The van der Waals surface area contributed by atoms with Crippen molar-refractivity contribution >= 4 is 28.5 Å². The third-order valence-corrected chi connectivity index (χ3v) is 5.45. The Kier molecular flexibility index (Phi) is 7.47. The van der Waals surface area contributed by atoms with Crippen molar-refractivity contribution in [1.82, 2.24) is 15.2 Å². The van der Waals surface area contributed by atoms with Gasteiger partial charge in [-0.25, -0.2) is 4.79 Å². The minimum absolute atomic E-state index is 0.205. The summed E-state index contributed by atoms with van der Waals surface area (Å²) in [5.41, 5.74) is 9.23. The maximum absolute atomic E-state index is 12.8. The van der Waals surface area contributed by atoms with E-state index in [2.05, 4.69) is 28.3 Å². The smallest absolute Gasteiger partial charge is 0.323 e. The van der Waals surface area contributed by atoms with Crippen molar-refractivity contribution in [2.24, 2.45) is 5.73 Å². The maximum Gasteiger partial charge on any atom is 0.323 e. The average Bonchev–Trinajstić information content (AvgIpc) is 3.43. The highest BCUT2D eigenvalue weighted by Crippen LogP contribution is 2.24. The molecular formula is C24H28N6O2. The third kappa shape index (κ3) is 5.25. The lowest BCUT2D eigenvalue weighted by atomic mass is 10.0. The zero-order valence-electron chi connectivity index (χ0n) is 18.1. The van der Waals surface area contributed by atoms with Crippen LogP contribution in [-0.2, 0) is 11.2 Å². The normalized spacial score (nSPS) is 17.3. The quantitative estimate of drug-likeness (QED) is 0.501. The number of carbonyl (C=O) groups excluding carboxylic acids is 2. The van der Waals surface area contributed by atoms with Crippen molar-refractivity contribution < 1.29 is 9.59 Å². The van der Waals surface area contributed by atoms with Crippen LogP contribution in [0.5, 0.6) is 0 Å². The molecule has 8 heteroatoms. The van der Waals surface area contributed by atoms with Gasteiger partial charge in [-0.15, -0.1) is 0 Å². The molecule has 1 aliphatic rings. The van der Waals surface area contributed by atoms with Crippen LogP contribution in [0.4, 0.5) is 10.5 Å². The van der Waals surface area contributed by atoms with Gasteiger partial charge in [-0.2, -0.15) is 5.26 Å². The molecule has 0 aliphatic carbocycles. The van der Waals surface area contributed by atoms with Crippen LogP contribution in [0.25, 0.3) is 10.9 Å². The van der Waals surface area contributed by atoms with E-state index in [1.165, 1.54) is 0 Å². The predicted octanol–water partition coefficient (Wildman–Crippen LogP) is 3.32. The number of H-pyrrole nitrogens is 1. The number of benzene rings is 1. The SMILES string of the molecule is C=C/C=C\C(=C/C)NC(=O)Nc1ccc2[nH]cc(CC(N)C(=O)N3CCCC3C#N)c2c1. The van der Waals surface area contributed by atoms with Crippen molar-refractivity contribution in [3.8, 4) is 6.07 Å². The molecule has 2 atom stereocenters. The number of allylic oxidation sites excluding steroid dienone is 4. The van der Waals surface area contributed by atoms with Crippen LogP contribution in [0.1, 0.15) is 25.3 Å². The van der Waals surface area contributed by atoms with Gasteiger partial charge in [-0.3, -0.25) is 4.79 Å². The zero-order chi connectivity index (χ0) is 23.1. The first-order valence-corrected chi connectivity index (χ1v) is 10.6. The molecule has 3 rings (SSSR count).